The average molecular weight is 290 g/mol. The summed E-state index contributed by atoms with van der Waals surface area (Å²) in [5.74, 6) is -2.21. The summed E-state index contributed by atoms with van der Waals surface area (Å²) in [5.41, 5.74) is -4.38. The maximum absolute atomic E-state index is 12.6. The molecule has 21 heavy (non-hydrogen) atoms. The molecule has 0 aromatic heterocycles. The minimum absolute atomic E-state index is 0.0220. The first-order chi connectivity index (χ1) is 9.73. The topological polar surface area (TPSA) is 104 Å². The molecule has 3 rings (SSSR count). The van der Waals surface area contributed by atoms with Gasteiger partial charge in [0.2, 0.25) is 11.4 Å². The lowest BCUT2D eigenvalue weighted by atomic mass is 9.65. The Bertz CT molecular complexity index is 706. The molecule has 6 heteroatoms. The molecule has 6 nitrogen and oxygen atoms in total. The van der Waals surface area contributed by atoms with Gasteiger partial charge in [-0.15, -0.1) is 0 Å². The zero-order valence-corrected chi connectivity index (χ0v) is 11.5. The summed E-state index contributed by atoms with van der Waals surface area (Å²) in [4.78, 5) is 24.8. The molecular formula is C15H14O6. The predicted octanol–water partition coefficient (Wildman–Crippen LogP) is 0.347. The van der Waals surface area contributed by atoms with E-state index in [0.717, 1.165) is 6.08 Å². The molecule has 1 aromatic carbocycles. The number of Topliss-reactive ketones (excluding diaryl/α,β-unsaturated/α-hetero) is 1. The van der Waals surface area contributed by atoms with Crippen LogP contribution in [0.2, 0.25) is 0 Å². The number of rotatable bonds is 0. The number of ketones is 2. The Balaban J connectivity index is 2.32. The molecule has 0 spiro atoms. The monoisotopic (exact) mass is 290 g/mol. The molecule has 1 aliphatic carbocycles. The van der Waals surface area contributed by atoms with Crippen LogP contribution in [0.25, 0.3) is 0 Å². The molecule has 0 saturated carbocycles. The molecule has 110 valence electrons. The summed E-state index contributed by atoms with van der Waals surface area (Å²) >= 11 is 0. The number of benzene rings is 1. The predicted molar refractivity (Wildman–Crippen MR) is 71.2 cm³/mol. The van der Waals surface area contributed by atoms with E-state index in [1.807, 2.05) is 0 Å². The van der Waals surface area contributed by atoms with Crippen LogP contribution < -0.4 is 4.74 Å². The highest BCUT2D eigenvalue weighted by Gasteiger charge is 2.68. The highest BCUT2D eigenvalue weighted by molar-refractivity contribution is 6.24. The molecule has 3 atom stereocenters. The third-order valence-electron chi connectivity index (χ3n) is 4.27. The second kappa shape index (κ2) is 3.93. The van der Waals surface area contributed by atoms with Crippen LogP contribution in [-0.4, -0.2) is 44.2 Å². The van der Waals surface area contributed by atoms with E-state index in [2.05, 4.69) is 0 Å². The number of carbonyl (C=O) groups excluding carboxylic acids is 2. The van der Waals surface area contributed by atoms with Gasteiger partial charge in [-0.3, -0.25) is 9.59 Å². The van der Waals surface area contributed by atoms with Gasteiger partial charge in [-0.2, -0.15) is 0 Å². The van der Waals surface area contributed by atoms with Crippen LogP contribution in [0.1, 0.15) is 24.2 Å². The Morgan fingerprint density at radius 2 is 1.95 bits per heavy atom. The Morgan fingerprint density at radius 1 is 1.29 bits per heavy atom. The third-order valence-corrected chi connectivity index (χ3v) is 4.27. The van der Waals surface area contributed by atoms with Crippen LogP contribution in [0.5, 0.6) is 11.5 Å². The van der Waals surface area contributed by atoms with Crippen LogP contribution in [0.15, 0.2) is 29.8 Å². The van der Waals surface area contributed by atoms with E-state index >= 15 is 0 Å². The van der Waals surface area contributed by atoms with Gasteiger partial charge < -0.3 is 20.1 Å². The van der Waals surface area contributed by atoms with Gasteiger partial charge in [0.1, 0.15) is 23.2 Å². The van der Waals surface area contributed by atoms with Gasteiger partial charge in [-0.25, -0.2) is 0 Å². The first-order valence-electron chi connectivity index (χ1n) is 6.42. The number of phenols is 1. The van der Waals surface area contributed by atoms with Gasteiger partial charge in [0, 0.05) is 0 Å². The van der Waals surface area contributed by atoms with Crippen molar-refractivity contribution in [3.8, 4) is 11.5 Å². The Kier molecular flexibility index (Phi) is 2.58. The number of fused-ring (bicyclic) bond motifs is 2. The SMILES string of the molecule is CC1=CC(=O)[C@]2(O)C(=O)c3c(O)cccc3O[C@@]2(C)[C@H]1O. The van der Waals surface area contributed by atoms with Gasteiger partial charge in [-0.1, -0.05) is 6.07 Å². The van der Waals surface area contributed by atoms with Gasteiger partial charge in [-0.05, 0) is 37.6 Å². The zero-order valence-electron chi connectivity index (χ0n) is 11.5. The molecule has 0 radical (unpaired) electrons. The molecule has 1 heterocycles. The minimum Gasteiger partial charge on any atom is -0.507 e. The summed E-state index contributed by atoms with van der Waals surface area (Å²) in [6.07, 6.45) is -0.307. The van der Waals surface area contributed by atoms with Gasteiger partial charge in [0.15, 0.2) is 11.4 Å². The normalized spacial score (nSPS) is 34.7. The van der Waals surface area contributed by atoms with Crippen LogP contribution >= 0.6 is 0 Å². The summed E-state index contributed by atoms with van der Waals surface area (Å²) < 4.78 is 5.59. The number of ether oxygens (including phenoxy) is 1. The Morgan fingerprint density at radius 3 is 2.62 bits per heavy atom. The largest absolute Gasteiger partial charge is 0.507 e. The number of hydrogen-bond donors (Lipinski definition) is 3. The number of aliphatic hydroxyl groups is 2. The molecule has 0 amide bonds. The third kappa shape index (κ3) is 1.43. The van der Waals surface area contributed by atoms with Crippen molar-refractivity contribution in [1.29, 1.82) is 0 Å². The van der Waals surface area contributed by atoms with Crippen LogP contribution in [0, 0.1) is 0 Å². The average Bonchev–Trinajstić information content (AvgIpc) is 2.42. The molecule has 0 saturated heterocycles. The van der Waals surface area contributed by atoms with Crippen molar-refractivity contribution in [3.05, 3.63) is 35.4 Å². The fourth-order valence-corrected chi connectivity index (χ4v) is 2.98. The molecule has 0 bridgehead atoms. The molecule has 0 fully saturated rings. The molecular weight excluding hydrogens is 276 g/mol. The Hall–Kier alpha value is -2.18. The maximum atomic E-state index is 12.6. The van der Waals surface area contributed by atoms with Gasteiger partial charge >= 0.3 is 0 Å². The van der Waals surface area contributed by atoms with E-state index in [4.69, 9.17) is 4.74 Å². The maximum Gasteiger partial charge on any atom is 0.233 e. The lowest BCUT2D eigenvalue weighted by Gasteiger charge is -2.50. The van der Waals surface area contributed by atoms with Gasteiger partial charge in [0.05, 0.1) is 0 Å². The number of carbonyl (C=O) groups is 2. The highest BCUT2D eigenvalue weighted by atomic mass is 16.5. The van der Waals surface area contributed by atoms with Crippen LogP contribution in [0.3, 0.4) is 0 Å². The number of hydrogen-bond acceptors (Lipinski definition) is 6. The number of phenolic OH excluding ortho intramolecular Hbond substituents is 1. The van der Waals surface area contributed by atoms with Crippen molar-refractivity contribution < 1.29 is 29.6 Å². The van der Waals surface area contributed by atoms with Crippen molar-refractivity contribution >= 4 is 11.6 Å². The number of aliphatic hydroxyl groups excluding tert-OH is 1. The van der Waals surface area contributed by atoms with E-state index in [-0.39, 0.29) is 17.1 Å². The fraction of sp³-hybridized carbons (Fsp3) is 0.333. The molecule has 2 aliphatic rings. The molecule has 0 unspecified atom stereocenters. The van der Waals surface area contributed by atoms with E-state index in [9.17, 15) is 24.9 Å². The van der Waals surface area contributed by atoms with E-state index in [1.54, 1.807) is 0 Å². The first-order valence-corrected chi connectivity index (χ1v) is 6.42. The lowest BCUT2D eigenvalue weighted by Crippen LogP contribution is -2.73. The van der Waals surface area contributed by atoms with Crippen molar-refractivity contribution in [2.75, 3.05) is 0 Å². The second-order valence-electron chi connectivity index (χ2n) is 5.55. The highest BCUT2D eigenvalue weighted by Crippen LogP contribution is 2.47. The van der Waals surface area contributed by atoms with Crippen molar-refractivity contribution in [2.45, 2.75) is 31.2 Å². The number of aromatic hydroxyl groups is 1. The lowest BCUT2D eigenvalue weighted by molar-refractivity contribution is -0.170. The minimum atomic E-state index is -2.57. The quantitative estimate of drug-likeness (QED) is 0.595. The summed E-state index contributed by atoms with van der Waals surface area (Å²) in [6.45, 7) is 2.82. The van der Waals surface area contributed by atoms with Crippen LogP contribution in [-0.2, 0) is 4.79 Å². The molecule has 3 N–H and O–H groups in total. The second-order valence-corrected chi connectivity index (χ2v) is 5.55. The zero-order chi connectivity index (χ0) is 15.6. The van der Waals surface area contributed by atoms with E-state index in [0.29, 0.717) is 5.57 Å². The first kappa shape index (κ1) is 13.8. The van der Waals surface area contributed by atoms with E-state index < -0.39 is 28.9 Å². The standard InChI is InChI=1S/C15H14O6/c1-7-6-10(17)15(20)13(19)11-8(16)4-3-5-9(11)21-14(15,2)12(7)18/h3-6,12,16,18,20H,1-2H3/t12-,14-,15-/m0/s1. The summed E-state index contributed by atoms with van der Waals surface area (Å²) in [7, 11) is 0. The Labute approximate surface area is 120 Å². The van der Waals surface area contributed by atoms with E-state index in [1.165, 1.54) is 32.0 Å². The summed E-state index contributed by atoms with van der Waals surface area (Å²) in [5, 5.41) is 30.8. The molecule has 1 aliphatic heterocycles. The van der Waals surface area contributed by atoms with Crippen LogP contribution in [0.4, 0.5) is 0 Å². The van der Waals surface area contributed by atoms with Gasteiger partial charge in [0.25, 0.3) is 0 Å². The molecule has 1 aromatic rings. The van der Waals surface area contributed by atoms with Crippen molar-refractivity contribution in [1.82, 2.24) is 0 Å². The van der Waals surface area contributed by atoms with Crippen molar-refractivity contribution in [3.63, 3.8) is 0 Å². The summed E-state index contributed by atoms with van der Waals surface area (Å²) in [6, 6.07) is 4.16. The smallest absolute Gasteiger partial charge is 0.233 e. The fourth-order valence-electron chi connectivity index (χ4n) is 2.98. The van der Waals surface area contributed by atoms with Crippen molar-refractivity contribution in [2.24, 2.45) is 0 Å².